The summed E-state index contributed by atoms with van der Waals surface area (Å²) in [4.78, 5) is 0. The maximum absolute atomic E-state index is 5.80. The number of ether oxygens (including phenoxy) is 1. The molecule has 2 N–H and O–H groups in total. The largest absolute Gasteiger partial charge is 0.456 e. The number of hydrogen-bond acceptors (Lipinski definition) is 2. The lowest BCUT2D eigenvalue weighted by Gasteiger charge is -2.09. The number of halogens is 1. The van der Waals surface area contributed by atoms with Gasteiger partial charge in [0.05, 0.1) is 3.57 Å². The van der Waals surface area contributed by atoms with Crippen LogP contribution >= 0.6 is 22.6 Å². The van der Waals surface area contributed by atoms with Crippen molar-refractivity contribution in [1.82, 2.24) is 0 Å². The third-order valence-electron chi connectivity index (χ3n) is 2.47. The molecule has 0 aromatic heterocycles. The Kier molecular flexibility index (Phi) is 4.02. The van der Waals surface area contributed by atoms with E-state index in [0.717, 1.165) is 20.6 Å². The quantitative estimate of drug-likeness (QED) is 0.855. The van der Waals surface area contributed by atoms with E-state index in [0.29, 0.717) is 0 Å². The van der Waals surface area contributed by atoms with E-state index < -0.39 is 0 Å². The van der Waals surface area contributed by atoms with Gasteiger partial charge in [-0.3, -0.25) is 0 Å². The van der Waals surface area contributed by atoms with Crippen molar-refractivity contribution in [2.24, 2.45) is 5.73 Å². The summed E-state index contributed by atoms with van der Waals surface area (Å²) in [5.41, 5.74) is 6.91. The minimum atomic E-state index is 0.0564. The zero-order chi connectivity index (χ0) is 12.3. The number of hydrogen-bond donors (Lipinski definition) is 1. The highest BCUT2D eigenvalue weighted by Gasteiger charge is 2.03. The molecule has 0 saturated carbocycles. The fourth-order valence-corrected chi connectivity index (χ4v) is 1.99. The fourth-order valence-electron chi connectivity index (χ4n) is 1.49. The van der Waals surface area contributed by atoms with Crippen LogP contribution in [0.3, 0.4) is 0 Å². The summed E-state index contributed by atoms with van der Waals surface area (Å²) in [5.74, 6) is 1.71. The van der Waals surface area contributed by atoms with Crippen LogP contribution in [0.25, 0.3) is 0 Å². The Morgan fingerprint density at radius 2 is 1.71 bits per heavy atom. The Bertz CT molecular complexity index is 494. The Balaban J connectivity index is 2.17. The van der Waals surface area contributed by atoms with Crippen LogP contribution in [-0.4, -0.2) is 0 Å². The smallest absolute Gasteiger partial charge is 0.140 e. The molecule has 0 amide bonds. The summed E-state index contributed by atoms with van der Waals surface area (Å²) in [7, 11) is 0. The first-order chi connectivity index (χ1) is 8.16. The molecular formula is C14H14INO. The van der Waals surface area contributed by atoms with Gasteiger partial charge in [0.1, 0.15) is 11.5 Å². The fraction of sp³-hybridized carbons (Fsp3) is 0.143. The predicted molar refractivity (Wildman–Crippen MR) is 78.3 cm³/mol. The van der Waals surface area contributed by atoms with Gasteiger partial charge in [0.25, 0.3) is 0 Å². The van der Waals surface area contributed by atoms with E-state index in [1.807, 2.05) is 55.5 Å². The van der Waals surface area contributed by atoms with E-state index >= 15 is 0 Å². The second kappa shape index (κ2) is 5.51. The maximum atomic E-state index is 5.80. The highest BCUT2D eigenvalue weighted by Crippen LogP contribution is 2.26. The first-order valence-electron chi connectivity index (χ1n) is 5.45. The lowest BCUT2D eigenvalue weighted by Crippen LogP contribution is -2.04. The first-order valence-corrected chi connectivity index (χ1v) is 6.52. The van der Waals surface area contributed by atoms with Gasteiger partial charge in [-0.15, -0.1) is 0 Å². The number of para-hydroxylation sites is 1. The van der Waals surface area contributed by atoms with E-state index in [1.54, 1.807) is 0 Å². The Labute approximate surface area is 115 Å². The molecular weight excluding hydrogens is 325 g/mol. The topological polar surface area (TPSA) is 35.2 Å². The van der Waals surface area contributed by atoms with Crippen LogP contribution < -0.4 is 10.5 Å². The molecule has 3 heteroatoms. The molecule has 2 rings (SSSR count). The molecule has 2 aromatic rings. The monoisotopic (exact) mass is 339 g/mol. The second-order valence-electron chi connectivity index (χ2n) is 3.89. The summed E-state index contributed by atoms with van der Waals surface area (Å²) in [5, 5.41) is 0. The zero-order valence-corrected chi connectivity index (χ0v) is 11.7. The van der Waals surface area contributed by atoms with Crippen LogP contribution in [0.15, 0.2) is 48.5 Å². The van der Waals surface area contributed by atoms with Crippen LogP contribution in [0.2, 0.25) is 0 Å². The summed E-state index contributed by atoms with van der Waals surface area (Å²) < 4.78 is 6.89. The molecule has 0 radical (unpaired) electrons. The number of benzene rings is 2. The van der Waals surface area contributed by atoms with Crippen molar-refractivity contribution in [2.75, 3.05) is 0 Å². The molecule has 0 bridgehead atoms. The summed E-state index contributed by atoms with van der Waals surface area (Å²) in [6.07, 6.45) is 0. The van der Waals surface area contributed by atoms with E-state index in [1.165, 1.54) is 0 Å². The Morgan fingerprint density at radius 3 is 2.29 bits per heavy atom. The van der Waals surface area contributed by atoms with Crippen molar-refractivity contribution in [3.63, 3.8) is 0 Å². The molecule has 0 aliphatic carbocycles. The molecule has 0 spiro atoms. The SMILES string of the molecule is C[C@H](N)c1ccc(Oc2ccccc2I)cc1. The van der Waals surface area contributed by atoms with Crippen LogP contribution in [0.4, 0.5) is 0 Å². The van der Waals surface area contributed by atoms with Crippen LogP contribution in [0, 0.1) is 3.57 Å². The van der Waals surface area contributed by atoms with Gasteiger partial charge < -0.3 is 10.5 Å². The van der Waals surface area contributed by atoms with Crippen molar-refractivity contribution in [1.29, 1.82) is 0 Å². The molecule has 17 heavy (non-hydrogen) atoms. The van der Waals surface area contributed by atoms with Crippen LogP contribution in [0.1, 0.15) is 18.5 Å². The molecule has 0 aliphatic heterocycles. The van der Waals surface area contributed by atoms with Gasteiger partial charge in [-0.1, -0.05) is 24.3 Å². The molecule has 0 unspecified atom stereocenters. The lowest BCUT2D eigenvalue weighted by molar-refractivity contribution is 0.479. The normalized spacial score (nSPS) is 12.2. The summed E-state index contributed by atoms with van der Waals surface area (Å²) in [6.45, 7) is 1.97. The van der Waals surface area contributed by atoms with Gasteiger partial charge >= 0.3 is 0 Å². The third-order valence-corrected chi connectivity index (χ3v) is 3.36. The predicted octanol–water partition coefficient (Wildman–Crippen LogP) is 4.10. The van der Waals surface area contributed by atoms with Crippen molar-refractivity contribution < 1.29 is 4.74 Å². The molecule has 0 heterocycles. The van der Waals surface area contributed by atoms with E-state index in [-0.39, 0.29) is 6.04 Å². The Morgan fingerprint density at radius 1 is 1.06 bits per heavy atom. The number of rotatable bonds is 3. The average molecular weight is 339 g/mol. The van der Waals surface area contributed by atoms with Crippen molar-refractivity contribution in [3.8, 4) is 11.5 Å². The average Bonchev–Trinajstić information content (AvgIpc) is 2.33. The van der Waals surface area contributed by atoms with Gasteiger partial charge in [-0.05, 0) is 59.3 Å². The van der Waals surface area contributed by atoms with Gasteiger partial charge in [0.2, 0.25) is 0 Å². The lowest BCUT2D eigenvalue weighted by atomic mass is 10.1. The molecule has 2 nitrogen and oxygen atoms in total. The zero-order valence-electron chi connectivity index (χ0n) is 9.56. The third kappa shape index (κ3) is 3.20. The first kappa shape index (κ1) is 12.4. The van der Waals surface area contributed by atoms with Gasteiger partial charge in [-0.25, -0.2) is 0 Å². The molecule has 1 atom stereocenters. The van der Waals surface area contributed by atoms with Crippen molar-refractivity contribution in [2.45, 2.75) is 13.0 Å². The maximum Gasteiger partial charge on any atom is 0.140 e. The Hall–Kier alpha value is -1.07. The van der Waals surface area contributed by atoms with Crippen molar-refractivity contribution >= 4 is 22.6 Å². The van der Waals surface area contributed by atoms with Gasteiger partial charge in [0, 0.05) is 6.04 Å². The minimum Gasteiger partial charge on any atom is -0.456 e. The van der Waals surface area contributed by atoms with Crippen LogP contribution in [0.5, 0.6) is 11.5 Å². The summed E-state index contributed by atoms with van der Waals surface area (Å²) >= 11 is 2.26. The van der Waals surface area contributed by atoms with Gasteiger partial charge in [0.15, 0.2) is 0 Å². The highest BCUT2D eigenvalue weighted by atomic mass is 127. The van der Waals surface area contributed by atoms with Crippen LogP contribution in [-0.2, 0) is 0 Å². The standard InChI is InChI=1S/C14H14INO/c1-10(16)11-6-8-12(9-7-11)17-14-5-3-2-4-13(14)15/h2-10H,16H2,1H3/t10-/m0/s1. The highest BCUT2D eigenvalue weighted by molar-refractivity contribution is 14.1. The van der Waals surface area contributed by atoms with E-state index in [2.05, 4.69) is 22.6 Å². The van der Waals surface area contributed by atoms with E-state index in [9.17, 15) is 0 Å². The molecule has 0 fully saturated rings. The molecule has 0 aliphatic rings. The minimum absolute atomic E-state index is 0.0564. The summed E-state index contributed by atoms with van der Waals surface area (Å²) in [6, 6.07) is 15.9. The van der Waals surface area contributed by atoms with Crippen molar-refractivity contribution in [3.05, 3.63) is 57.7 Å². The van der Waals surface area contributed by atoms with E-state index in [4.69, 9.17) is 10.5 Å². The van der Waals surface area contributed by atoms with Gasteiger partial charge in [-0.2, -0.15) is 0 Å². The molecule has 0 saturated heterocycles. The molecule has 2 aromatic carbocycles. The number of nitrogens with two attached hydrogens (primary N) is 1. The second-order valence-corrected chi connectivity index (χ2v) is 5.05. The molecule has 88 valence electrons.